The average Bonchev–Trinajstić information content (AvgIpc) is 3.18. The second-order valence-electron chi connectivity index (χ2n) is 6.40. The summed E-state index contributed by atoms with van der Waals surface area (Å²) in [6, 6.07) is 6.90. The molecule has 10 heteroatoms. The summed E-state index contributed by atoms with van der Waals surface area (Å²) in [6.07, 6.45) is -2.14. The van der Waals surface area contributed by atoms with Crippen molar-refractivity contribution >= 4 is 11.9 Å². The fourth-order valence-corrected chi connectivity index (χ4v) is 3.37. The number of carbonyl (C=O) groups is 1. The Morgan fingerprint density at radius 1 is 1.21 bits per heavy atom. The number of benzene rings is 1. The van der Waals surface area contributed by atoms with Crippen molar-refractivity contribution in [3.8, 4) is 11.5 Å². The van der Waals surface area contributed by atoms with Crippen LogP contribution in [0.1, 0.15) is 34.5 Å². The highest BCUT2D eigenvalue weighted by Crippen LogP contribution is 2.47. The van der Waals surface area contributed by atoms with Crippen LogP contribution >= 0.6 is 0 Å². The van der Waals surface area contributed by atoms with Gasteiger partial charge < -0.3 is 19.4 Å². The van der Waals surface area contributed by atoms with Crippen LogP contribution in [-0.4, -0.2) is 28.3 Å². The SMILES string of the molecule is O=C(O)c1ccc(OC2=NO[C@@]3(CCc4cc(OC(F)(F)F)ccc43)C2)cn1. The lowest BCUT2D eigenvalue weighted by atomic mass is 9.92. The van der Waals surface area contributed by atoms with E-state index in [0.717, 1.165) is 5.56 Å². The van der Waals surface area contributed by atoms with Gasteiger partial charge in [0.25, 0.3) is 0 Å². The van der Waals surface area contributed by atoms with Gasteiger partial charge in [0.1, 0.15) is 17.2 Å². The molecule has 1 aliphatic carbocycles. The second-order valence-corrected chi connectivity index (χ2v) is 6.40. The van der Waals surface area contributed by atoms with Crippen LogP contribution in [0.15, 0.2) is 41.7 Å². The molecule has 0 radical (unpaired) electrons. The van der Waals surface area contributed by atoms with E-state index < -0.39 is 17.9 Å². The summed E-state index contributed by atoms with van der Waals surface area (Å²) >= 11 is 0. The Hall–Kier alpha value is -3.30. The normalized spacial score (nSPS) is 20.5. The van der Waals surface area contributed by atoms with E-state index in [-0.39, 0.29) is 17.3 Å². The predicted octanol–water partition coefficient (Wildman–Crippen LogP) is 3.63. The van der Waals surface area contributed by atoms with E-state index in [1.165, 1.54) is 30.5 Å². The second kappa shape index (κ2) is 6.39. The number of oxime groups is 1. The van der Waals surface area contributed by atoms with Crippen molar-refractivity contribution in [2.75, 3.05) is 0 Å². The van der Waals surface area contributed by atoms with Gasteiger partial charge in [-0.1, -0.05) is 11.2 Å². The van der Waals surface area contributed by atoms with Gasteiger partial charge in [-0.2, -0.15) is 0 Å². The van der Waals surface area contributed by atoms with Crippen molar-refractivity contribution in [1.82, 2.24) is 4.98 Å². The van der Waals surface area contributed by atoms with Crippen LogP contribution in [0, 0.1) is 0 Å². The zero-order valence-corrected chi connectivity index (χ0v) is 14.2. The molecule has 4 rings (SSSR count). The van der Waals surface area contributed by atoms with Crippen LogP contribution in [-0.2, 0) is 16.9 Å². The third-order valence-corrected chi connectivity index (χ3v) is 4.55. The molecule has 0 saturated heterocycles. The average molecular weight is 394 g/mol. The fourth-order valence-electron chi connectivity index (χ4n) is 3.37. The molecule has 0 unspecified atom stereocenters. The van der Waals surface area contributed by atoms with Gasteiger partial charge in [-0.3, -0.25) is 0 Å². The highest BCUT2D eigenvalue weighted by molar-refractivity contribution is 5.85. The van der Waals surface area contributed by atoms with Gasteiger partial charge in [-0.05, 0) is 42.7 Å². The number of aromatic carboxylic acids is 1. The Bertz CT molecular complexity index is 959. The quantitative estimate of drug-likeness (QED) is 0.855. The lowest BCUT2D eigenvalue weighted by molar-refractivity contribution is -0.274. The largest absolute Gasteiger partial charge is 0.573 e. The van der Waals surface area contributed by atoms with E-state index in [9.17, 15) is 18.0 Å². The number of carboxylic acid groups (broad SMARTS) is 1. The number of hydrogen-bond acceptors (Lipinski definition) is 6. The molecule has 1 atom stereocenters. The molecule has 1 aromatic carbocycles. The summed E-state index contributed by atoms with van der Waals surface area (Å²) in [5, 5.41) is 12.8. The number of rotatable bonds is 3. The first kappa shape index (κ1) is 18.1. The lowest BCUT2D eigenvalue weighted by Gasteiger charge is -2.21. The van der Waals surface area contributed by atoms with Crippen LogP contribution < -0.4 is 9.47 Å². The molecule has 0 bridgehead atoms. The number of hydrogen-bond donors (Lipinski definition) is 1. The van der Waals surface area contributed by atoms with Crippen molar-refractivity contribution in [3.05, 3.63) is 53.3 Å². The van der Waals surface area contributed by atoms with Crippen LogP contribution in [0.2, 0.25) is 0 Å². The monoisotopic (exact) mass is 394 g/mol. The predicted molar refractivity (Wildman–Crippen MR) is 88.1 cm³/mol. The molecule has 2 aliphatic rings. The van der Waals surface area contributed by atoms with Crippen LogP contribution in [0.4, 0.5) is 13.2 Å². The zero-order chi connectivity index (χ0) is 19.9. The van der Waals surface area contributed by atoms with Gasteiger partial charge in [0, 0.05) is 5.56 Å². The number of pyridine rings is 1. The molecular formula is C18H13F3N2O5. The fraction of sp³-hybridized carbons (Fsp3) is 0.278. The minimum Gasteiger partial charge on any atom is -0.477 e. The van der Waals surface area contributed by atoms with Gasteiger partial charge >= 0.3 is 12.3 Å². The molecule has 1 N–H and O–H groups in total. The maximum atomic E-state index is 12.4. The molecular weight excluding hydrogens is 381 g/mol. The van der Waals surface area contributed by atoms with Gasteiger partial charge in [0.2, 0.25) is 5.90 Å². The topological polar surface area (TPSA) is 90.2 Å². The van der Waals surface area contributed by atoms with Crippen LogP contribution in [0.25, 0.3) is 0 Å². The standard InChI is InChI=1S/C18H13F3N2O5/c19-18(20,21)27-11-1-3-13-10(7-11)5-6-17(13)8-15(23-28-17)26-12-2-4-14(16(24)25)22-9-12/h1-4,7,9H,5-6,8H2,(H,24,25)/t17-/m0/s1. The minimum atomic E-state index is -4.75. The summed E-state index contributed by atoms with van der Waals surface area (Å²) in [5.41, 5.74) is 0.528. The highest BCUT2D eigenvalue weighted by Gasteiger charge is 2.47. The Balaban J connectivity index is 1.47. The number of halogens is 3. The smallest absolute Gasteiger partial charge is 0.477 e. The molecule has 0 fully saturated rings. The van der Waals surface area contributed by atoms with Crippen molar-refractivity contribution in [2.24, 2.45) is 5.16 Å². The summed E-state index contributed by atoms with van der Waals surface area (Å²) in [7, 11) is 0. The number of ether oxygens (including phenoxy) is 2. The summed E-state index contributed by atoms with van der Waals surface area (Å²) in [5.74, 6) is -0.850. The van der Waals surface area contributed by atoms with Gasteiger partial charge in [0.05, 0.1) is 12.6 Å². The number of fused-ring (bicyclic) bond motifs is 2. The van der Waals surface area contributed by atoms with Crippen LogP contribution in [0.3, 0.4) is 0 Å². The molecule has 7 nitrogen and oxygen atoms in total. The first-order valence-corrected chi connectivity index (χ1v) is 8.25. The Morgan fingerprint density at radius 2 is 2.00 bits per heavy atom. The third-order valence-electron chi connectivity index (χ3n) is 4.55. The maximum Gasteiger partial charge on any atom is 0.573 e. The molecule has 0 saturated carbocycles. The van der Waals surface area contributed by atoms with E-state index in [1.54, 1.807) is 6.07 Å². The molecule has 2 aromatic rings. The van der Waals surface area contributed by atoms with E-state index in [0.29, 0.717) is 30.6 Å². The van der Waals surface area contributed by atoms with Gasteiger partial charge in [-0.25, -0.2) is 9.78 Å². The first-order valence-electron chi connectivity index (χ1n) is 8.25. The van der Waals surface area contributed by atoms with Crippen molar-refractivity contribution < 1.29 is 37.4 Å². The number of nitrogens with zero attached hydrogens (tertiary/aromatic N) is 2. The molecule has 28 heavy (non-hydrogen) atoms. The van der Waals surface area contributed by atoms with Gasteiger partial charge in [-0.15, -0.1) is 13.2 Å². The molecule has 1 aromatic heterocycles. The molecule has 2 heterocycles. The zero-order valence-electron chi connectivity index (χ0n) is 14.2. The van der Waals surface area contributed by atoms with E-state index in [2.05, 4.69) is 14.9 Å². The van der Waals surface area contributed by atoms with Crippen molar-refractivity contribution in [1.29, 1.82) is 0 Å². The maximum absolute atomic E-state index is 12.4. The third kappa shape index (κ3) is 3.45. The number of carboxylic acids is 1. The molecule has 1 spiro atoms. The van der Waals surface area contributed by atoms with Crippen LogP contribution in [0.5, 0.6) is 11.5 Å². The Labute approximate surface area is 156 Å². The van der Waals surface area contributed by atoms with E-state index in [4.69, 9.17) is 14.7 Å². The minimum absolute atomic E-state index is 0.116. The summed E-state index contributed by atoms with van der Waals surface area (Å²) in [6.45, 7) is 0. The van der Waals surface area contributed by atoms with E-state index in [1.807, 2.05) is 0 Å². The lowest BCUT2D eigenvalue weighted by Crippen LogP contribution is -2.24. The summed E-state index contributed by atoms with van der Waals surface area (Å²) < 4.78 is 46.7. The van der Waals surface area contributed by atoms with Crippen molar-refractivity contribution in [3.63, 3.8) is 0 Å². The van der Waals surface area contributed by atoms with Crippen molar-refractivity contribution in [2.45, 2.75) is 31.2 Å². The summed E-state index contributed by atoms with van der Waals surface area (Å²) in [4.78, 5) is 20.2. The van der Waals surface area contributed by atoms with E-state index >= 15 is 0 Å². The number of aryl methyl sites for hydroxylation is 1. The molecule has 1 aliphatic heterocycles. The Morgan fingerprint density at radius 3 is 2.68 bits per heavy atom. The van der Waals surface area contributed by atoms with Gasteiger partial charge in [0.15, 0.2) is 5.60 Å². The Kier molecular flexibility index (Phi) is 4.13. The molecule has 0 amide bonds. The first-order chi connectivity index (χ1) is 13.2. The number of aromatic nitrogens is 1. The highest BCUT2D eigenvalue weighted by atomic mass is 19.4. The molecule has 146 valence electrons. The number of alkyl halides is 3.